The average molecular weight is 274 g/mol. The Hall–Kier alpha value is -1.31. The zero-order valence-electron chi connectivity index (χ0n) is 11.5. The molecular weight excluding hydrogens is 254 g/mol. The first kappa shape index (κ1) is 14.1. The van der Waals surface area contributed by atoms with Gasteiger partial charge in [-0.15, -0.1) is 0 Å². The van der Waals surface area contributed by atoms with Crippen LogP contribution in [0, 0.1) is 6.92 Å². The fraction of sp³-hybridized carbons (Fsp3) is 0.294. The quantitative estimate of drug-likeness (QED) is 0.868. The molecule has 1 N–H and O–H groups in total. The highest BCUT2D eigenvalue weighted by Crippen LogP contribution is 2.14. The number of hydrogen-bond donors (Lipinski definition) is 1. The van der Waals surface area contributed by atoms with Crippen molar-refractivity contribution in [3.63, 3.8) is 0 Å². The van der Waals surface area contributed by atoms with E-state index >= 15 is 0 Å². The van der Waals surface area contributed by atoms with E-state index in [1.165, 1.54) is 16.7 Å². The Bertz CT molecular complexity index is 489. The molecule has 2 aromatic rings. The summed E-state index contributed by atoms with van der Waals surface area (Å²) in [6.45, 7) is 2.13. The molecule has 0 radical (unpaired) electrons. The van der Waals surface area contributed by atoms with E-state index in [-0.39, 0.29) is 0 Å². The third-order valence-corrected chi connectivity index (χ3v) is 3.58. The minimum Gasteiger partial charge on any atom is -0.316 e. The number of benzene rings is 2. The van der Waals surface area contributed by atoms with Crippen LogP contribution in [0.25, 0.3) is 0 Å². The summed E-state index contributed by atoms with van der Waals surface area (Å²) in [6.07, 6.45) is 2.02. The van der Waals surface area contributed by atoms with Gasteiger partial charge in [0.05, 0.1) is 0 Å². The van der Waals surface area contributed by atoms with Gasteiger partial charge >= 0.3 is 0 Å². The maximum absolute atomic E-state index is 6.03. The molecule has 0 heterocycles. The molecule has 1 nitrogen and oxygen atoms in total. The lowest BCUT2D eigenvalue weighted by molar-refractivity contribution is 0.556. The van der Waals surface area contributed by atoms with Crippen molar-refractivity contribution >= 4 is 11.6 Å². The van der Waals surface area contributed by atoms with Crippen LogP contribution in [0.4, 0.5) is 0 Å². The molecule has 0 fully saturated rings. The molecule has 0 bridgehead atoms. The summed E-state index contributed by atoms with van der Waals surface area (Å²) < 4.78 is 0. The van der Waals surface area contributed by atoms with Gasteiger partial charge in [-0.3, -0.25) is 0 Å². The van der Waals surface area contributed by atoms with Crippen LogP contribution in [0.3, 0.4) is 0 Å². The first-order chi connectivity index (χ1) is 9.17. The van der Waals surface area contributed by atoms with E-state index < -0.39 is 0 Å². The second-order valence-electron chi connectivity index (χ2n) is 5.01. The second-order valence-corrected chi connectivity index (χ2v) is 5.45. The molecular formula is C17H20ClN. The Labute approximate surface area is 120 Å². The number of likely N-dealkylation sites (N-methyl/N-ethyl adjacent to an activating group) is 1. The van der Waals surface area contributed by atoms with Gasteiger partial charge in [0.2, 0.25) is 0 Å². The van der Waals surface area contributed by atoms with Gasteiger partial charge < -0.3 is 5.32 Å². The molecule has 0 aliphatic carbocycles. The predicted molar refractivity (Wildman–Crippen MR) is 82.9 cm³/mol. The SMILES string of the molecule is CNC(Cc1cccc(C)c1)Cc1cccc(Cl)c1. The van der Waals surface area contributed by atoms with Crippen molar-refractivity contribution in [1.82, 2.24) is 5.32 Å². The molecule has 0 aromatic heterocycles. The molecule has 0 saturated carbocycles. The van der Waals surface area contributed by atoms with Crippen LogP contribution in [0.2, 0.25) is 5.02 Å². The zero-order valence-corrected chi connectivity index (χ0v) is 12.2. The molecule has 0 aliphatic heterocycles. The monoisotopic (exact) mass is 273 g/mol. The smallest absolute Gasteiger partial charge is 0.0408 e. The van der Waals surface area contributed by atoms with Gasteiger partial charge in [-0.1, -0.05) is 53.6 Å². The lowest BCUT2D eigenvalue weighted by Crippen LogP contribution is -2.29. The summed E-state index contributed by atoms with van der Waals surface area (Å²) in [5.74, 6) is 0. The molecule has 0 aliphatic rings. The van der Waals surface area contributed by atoms with Crippen LogP contribution < -0.4 is 5.32 Å². The molecule has 1 unspecified atom stereocenters. The largest absolute Gasteiger partial charge is 0.316 e. The summed E-state index contributed by atoms with van der Waals surface area (Å²) >= 11 is 6.03. The second kappa shape index (κ2) is 6.74. The number of hydrogen-bond acceptors (Lipinski definition) is 1. The number of rotatable bonds is 5. The minimum absolute atomic E-state index is 0.431. The molecule has 100 valence electrons. The molecule has 19 heavy (non-hydrogen) atoms. The number of nitrogens with one attached hydrogen (secondary N) is 1. The third-order valence-electron chi connectivity index (χ3n) is 3.34. The topological polar surface area (TPSA) is 12.0 Å². The summed E-state index contributed by atoms with van der Waals surface area (Å²) in [5.41, 5.74) is 3.97. The molecule has 1 atom stereocenters. The highest BCUT2D eigenvalue weighted by molar-refractivity contribution is 6.30. The lowest BCUT2D eigenvalue weighted by atomic mass is 9.98. The number of halogens is 1. The van der Waals surface area contributed by atoms with Gasteiger partial charge in [0, 0.05) is 11.1 Å². The van der Waals surface area contributed by atoms with Crippen LogP contribution in [0.15, 0.2) is 48.5 Å². The summed E-state index contributed by atoms with van der Waals surface area (Å²) in [6, 6.07) is 17.2. The third kappa shape index (κ3) is 4.38. The van der Waals surface area contributed by atoms with Crippen molar-refractivity contribution < 1.29 is 0 Å². The fourth-order valence-corrected chi connectivity index (χ4v) is 2.56. The standard InChI is InChI=1S/C17H20ClN/c1-13-5-3-6-14(9-13)11-17(19-2)12-15-7-4-8-16(18)10-15/h3-10,17,19H,11-12H2,1-2H3. The van der Waals surface area contributed by atoms with Crippen LogP contribution in [0.5, 0.6) is 0 Å². The van der Waals surface area contributed by atoms with E-state index in [1.54, 1.807) is 0 Å². The zero-order chi connectivity index (χ0) is 13.7. The van der Waals surface area contributed by atoms with Crippen molar-refractivity contribution in [1.29, 1.82) is 0 Å². The molecule has 0 amide bonds. The first-order valence-corrected chi connectivity index (χ1v) is 7.02. The van der Waals surface area contributed by atoms with Crippen LogP contribution in [-0.2, 0) is 12.8 Å². The van der Waals surface area contributed by atoms with Gasteiger partial charge in [0.1, 0.15) is 0 Å². The van der Waals surface area contributed by atoms with Gasteiger partial charge in [-0.2, -0.15) is 0 Å². The normalized spacial score (nSPS) is 12.4. The Morgan fingerprint density at radius 1 is 1.00 bits per heavy atom. The van der Waals surface area contributed by atoms with Gasteiger partial charge in [0.25, 0.3) is 0 Å². The van der Waals surface area contributed by atoms with E-state index in [1.807, 2.05) is 25.2 Å². The fourth-order valence-electron chi connectivity index (χ4n) is 2.35. The van der Waals surface area contributed by atoms with Gasteiger partial charge in [-0.25, -0.2) is 0 Å². The summed E-state index contributed by atoms with van der Waals surface area (Å²) in [5, 5.41) is 4.20. The molecule has 2 heteroatoms. The Morgan fingerprint density at radius 2 is 1.63 bits per heavy atom. The van der Waals surface area contributed by atoms with Gasteiger partial charge in [0.15, 0.2) is 0 Å². The average Bonchev–Trinajstić information content (AvgIpc) is 2.38. The minimum atomic E-state index is 0.431. The summed E-state index contributed by atoms with van der Waals surface area (Å²) in [4.78, 5) is 0. The highest BCUT2D eigenvalue weighted by Gasteiger charge is 2.08. The predicted octanol–water partition coefficient (Wildman–Crippen LogP) is 4.02. The molecule has 2 aromatic carbocycles. The number of aryl methyl sites for hydroxylation is 1. The van der Waals surface area contributed by atoms with E-state index in [0.29, 0.717) is 6.04 Å². The van der Waals surface area contributed by atoms with Crippen LogP contribution >= 0.6 is 11.6 Å². The highest BCUT2D eigenvalue weighted by atomic mass is 35.5. The van der Waals surface area contributed by atoms with Crippen molar-refractivity contribution in [2.75, 3.05) is 7.05 Å². The van der Waals surface area contributed by atoms with E-state index in [0.717, 1.165) is 17.9 Å². The Morgan fingerprint density at radius 3 is 2.21 bits per heavy atom. The van der Waals surface area contributed by atoms with Crippen molar-refractivity contribution in [2.45, 2.75) is 25.8 Å². The van der Waals surface area contributed by atoms with E-state index in [4.69, 9.17) is 11.6 Å². The molecule has 0 spiro atoms. The summed E-state index contributed by atoms with van der Waals surface area (Å²) in [7, 11) is 2.02. The van der Waals surface area contributed by atoms with Crippen molar-refractivity contribution in [2.24, 2.45) is 0 Å². The van der Waals surface area contributed by atoms with Crippen molar-refractivity contribution in [3.05, 3.63) is 70.2 Å². The molecule has 0 saturated heterocycles. The van der Waals surface area contributed by atoms with E-state index in [2.05, 4.69) is 42.6 Å². The van der Waals surface area contributed by atoms with Crippen molar-refractivity contribution in [3.8, 4) is 0 Å². The Kier molecular flexibility index (Phi) is 5.00. The van der Waals surface area contributed by atoms with Gasteiger partial charge in [-0.05, 0) is 50.1 Å². The first-order valence-electron chi connectivity index (χ1n) is 6.64. The molecule has 2 rings (SSSR count). The van der Waals surface area contributed by atoms with Crippen LogP contribution in [0.1, 0.15) is 16.7 Å². The maximum Gasteiger partial charge on any atom is 0.0408 e. The van der Waals surface area contributed by atoms with E-state index in [9.17, 15) is 0 Å². The lowest BCUT2D eigenvalue weighted by Gasteiger charge is -2.17. The Balaban J connectivity index is 2.04. The van der Waals surface area contributed by atoms with Crippen LogP contribution in [-0.4, -0.2) is 13.1 Å². The maximum atomic E-state index is 6.03.